The van der Waals surface area contributed by atoms with Crippen LogP contribution in [0.25, 0.3) is 0 Å². The average Bonchev–Trinajstić information content (AvgIpc) is 3.24. The number of carbonyl (C=O) groups excluding carboxylic acids is 1. The van der Waals surface area contributed by atoms with Crippen LogP contribution in [0.2, 0.25) is 0 Å². The Kier molecular flexibility index (Phi) is 6.40. The van der Waals surface area contributed by atoms with Crippen LogP contribution in [0.4, 0.5) is 0 Å². The van der Waals surface area contributed by atoms with Crippen molar-refractivity contribution < 1.29 is 19.0 Å². The summed E-state index contributed by atoms with van der Waals surface area (Å²) in [7, 11) is 2.14. The molecule has 7 heteroatoms. The van der Waals surface area contributed by atoms with Crippen LogP contribution in [0.5, 0.6) is 17.2 Å². The molecule has 1 fully saturated rings. The lowest BCUT2D eigenvalue weighted by Gasteiger charge is -2.38. The van der Waals surface area contributed by atoms with E-state index in [-0.39, 0.29) is 18.7 Å². The summed E-state index contributed by atoms with van der Waals surface area (Å²) < 4.78 is 16.5. The average molecular weight is 412 g/mol. The minimum absolute atomic E-state index is 0.0693. The number of hydrogen-bond acceptors (Lipinski definition) is 6. The summed E-state index contributed by atoms with van der Waals surface area (Å²) >= 11 is 0. The van der Waals surface area contributed by atoms with Crippen LogP contribution in [-0.4, -0.2) is 68.9 Å². The Morgan fingerprint density at radius 1 is 1.07 bits per heavy atom. The van der Waals surface area contributed by atoms with E-state index >= 15 is 0 Å². The fourth-order valence-corrected chi connectivity index (χ4v) is 3.87. The highest BCUT2D eigenvalue weighted by Gasteiger charge is 2.26. The van der Waals surface area contributed by atoms with E-state index in [4.69, 9.17) is 14.2 Å². The van der Waals surface area contributed by atoms with Gasteiger partial charge in [0.25, 0.3) is 5.91 Å². The van der Waals surface area contributed by atoms with Gasteiger partial charge >= 0.3 is 0 Å². The second kappa shape index (κ2) is 9.36. The van der Waals surface area contributed by atoms with E-state index in [1.807, 2.05) is 31.2 Å². The van der Waals surface area contributed by atoms with Gasteiger partial charge in [-0.3, -0.25) is 9.69 Å². The number of amides is 1. The molecular weight excluding hydrogens is 382 g/mol. The van der Waals surface area contributed by atoms with Crippen LogP contribution in [0.15, 0.2) is 42.5 Å². The molecule has 0 radical (unpaired) electrons. The van der Waals surface area contributed by atoms with Crippen molar-refractivity contribution >= 4 is 5.91 Å². The third-order valence-corrected chi connectivity index (χ3v) is 5.64. The molecule has 0 aliphatic carbocycles. The molecule has 1 atom stereocenters. The molecule has 2 heterocycles. The van der Waals surface area contributed by atoms with E-state index in [1.165, 1.54) is 0 Å². The third kappa shape index (κ3) is 4.68. The van der Waals surface area contributed by atoms with E-state index in [1.54, 1.807) is 12.1 Å². The second-order valence-electron chi connectivity index (χ2n) is 7.64. The van der Waals surface area contributed by atoms with E-state index in [0.717, 1.165) is 49.0 Å². The van der Waals surface area contributed by atoms with Gasteiger partial charge < -0.3 is 24.4 Å². The largest absolute Gasteiger partial charge is 0.494 e. The topological polar surface area (TPSA) is 63.3 Å². The number of ether oxygens (including phenoxy) is 3. The Hall–Kier alpha value is -2.77. The zero-order valence-electron chi connectivity index (χ0n) is 17.6. The fraction of sp³-hybridized carbons (Fsp3) is 0.435. The first-order valence-electron chi connectivity index (χ1n) is 10.5. The van der Waals surface area contributed by atoms with Gasteiger partial charge in [-0.15, -0.1) is 0 Å². The molecule has 30 heavy (non-hydrogen) atoms. The van der Waals surface area contributed by atoms with Crippen LogP contribution >= 0.6 is 0 Å². The van der Waals surface area contributed by atoms with Crippen molar-refractivity contribution in [2.75, 3.05) is 53.2 Å². The minimum atomic E-state index is -0.0853. The minimum Gasteiger partial charge on any atom is -0.494 e. The van der Waals surface area contributed by atoms with Crippen LogP contribution in [0.1, 0.15) is 28.9 Å². The smallest absolute Gasteiger partial charge is 0.251 e. The van der Waals surface area contributed by atoms with Crippen LogP contribution in [0, 0.1) is 0 Å². The highest BCUT2D eigenvalue weighted by atomic mass is 16.7. The molecule has 4 rings (SSSR count). The highest BCUT2D eigenvalue weighted by Crippen LogP contribution is 2.35. The second-order valence-corrected chi connectivity index (χ2v) is 7.64. The van der Waals surface area contributed by atoms with Gasteiger partial charge in [0.2, 0.25) is 6.79 Å². The molecule has 2 aliphatic heterocycles. The van der Waals surface area contributed by atoms with E-state index in [2.05, 4.69) is 28.2 Å². The standard InChI is InChI=1S/C23H29N3O4/c1-3-28-19-7-4-17(5-8-19)23(27)24-15-20(26-12-10-25(2)11-13-26)18-6-9-21-22(14-18)30-16-29-21/h4-9,14,20H,3,10-13,15-16H2,1-2H3,(H,24,27)/t20-/m0/s1. The summed E-state index contributed by atoms with van der Waals surface area (Å²) in [5.74, 6) is 2.22. The van der Waals surface area contributed by atoms with Crippen molar-refractivity contribution in [1.29, 1.82) is 0 Å². The molecule has 0 saturated carbocycles. The fourth-order valence-electron chi connectivity index (χ4n) is 3.87. The zero-order valence-corrected chi connectivity index (χ0v) is 17.6. The Morgan fingerprint density at radius 2 is 1.80 bits per heavy atom. The Balaban J connectivity index is 1.47. The lowest BCUT2D eigenvalue weighted by molar-refractivity contribution is 0.0886. The Bertz CT molecular complexity index is 863. The van der Waals surface area contributed by atoms with Gasteiger partial charge in [-0.25, -0.2) is 0 Å². The number of nitrogens with one attached hydrogen (secondary N) is 1. The predicted octanol–water partition coefficient (Wildman–Crippen LogP) is 2.53. The van der Waals surface area contributed by atoms with Crippen molar-refractivity contribution in [1.82, 2.24) is 15.1 Å². The Morgan fingerprint density at radius 3 is 2.53 bits per heavy atom. The molecule has 0 unspecified atom stereocenters. The predicted molar refractivity (Wildman–Crippen MR) is 114 cm³/mol. The molecule has 0 aromatic heterocycles. The number of fused-ring (bicyclic) bond motifs is 1. The first kappa shape index (κ1) is 20.5. The maximum absolute atomic E-state index is 12.7. The summed E-state index contributed by atoms with van der Waals surface area (Å²) in [5, 5.41) is 3.12. The molecule has 1 amide bonds. The number of piperazine rings is 1. The summed E-state index contributed by atoms with van der Waals surface area (Å²) in [6, 6.07) is 13.4. The number of hydrogen-bond donors (Lipinski definition) is 1. The molecule has 160 valence electrons. The van der Waals surface area contributed by atoms with Crippen molar-refractivity contribution in [2.24, 2.45) is 0 Å². The Labute approximate surface area is 177 Å². The first-order chi connectivity index (χ1) is 14.6. The van der Waals surface area contributed by atoms with E-state index < -0.39 is 0 Å². The maximum Gasteiger partial charge on any atom is 0.251 e. The van der Waals surface area contributed by atoms with Crippen LogP contribution < -0.4 is 19.5 Å². The normalized spacial score (nSPS) is 17.5. The molecular formula is C23H29N3O4. The summed E-state index contributed by atoms with van der Waals surface area (Å²) in [6.45, 7) is 7.25. The first-order valence-corrected chi connectivity index (χ1v) is 10.5. The van der Waals surface area contributed by atoms with Crippen molar-refractivity contribution in [2.45, 2.75) is 13.0 Å². The van der Waals surface area contributed by atoms with Gasteiger partial charge in [-0.2, -0.15) is 0 Å². The van der Waals surface area contributed by atoms with Crippen LogP contribution in [0.3, 0.4) is 0 Å². The highest BCUT2D eigenvalue weighted by molar-refractivity contribution is 5.94. The monoisotopic (exact) mass is 411 g/mol. The third-order valence-electron chi connectivity index (χ3n) is 5.64. The summed E-state index contributed by atoms with van der Waals surface area (Å²) in [4.78, 5) is 17.5. The van der Waals surface area contributed by atoms with Crippen LogP contribution in [-0.2, 0) is 0 Å². The number of rotatable bonds is 7. The number of nitrogens with zero attached hydrogens (tertiary/aromatic N) is 2. The molecule has 7 nitrogen and oxygen atoms in total. The van der Waals surface area contributed by atoms with E-state index in [0.29, 0.717) is 18.7 Å². The molecule has 1 saturated heterocycles. The van der Waals surface area contributed by atoms with Crippen molar-refractivity contribution in [3.8, 4) is 17.2 Å². The quantitative estimate of drug-likeness (QED) is 0.756. The molecule has 2 aromatic carbocycles. The van der Waals surface area contributed by atoms with Gasteiger partial charge in [0.05, 0.1) is 12.6 Å². The summed E-state index contributed by atoms with van der Waals surface area (Å²) in [6.07, 6.45) is 0. The lowest BCUT2D eigenvalue weighted by atomic mass is 10.0. The number of benzene rings is 2. The van der Waals surface area contributed by atoms with E-state index in [9.17, 15) is 4.79 Å². The number of carbonyl (C=O) groups is 1. The molecule has 2 aliphatic rings. The molecule has 0 bridgehead atoms. The van der Waals surface area contributed by atoms with Gasteiger partial charge in [0.15, 0.2) is 11.5 Å². The molecule has 0 spiro atoms. The number of likely N-dealkylation sites (N-methyl/N-ethyl adjacent to an activating group) is 1. The summed E-state index contributed by atoms with van der Waals surface area (Å²) in [5.41, 5.74) is 1.75. The molecule has 1 N–H and O–H groups in total. The van der Waals surface area contributed by atoms with Crippen molar-refractivity contribution in [3.05, 3.63) is 53.6 Å². The maximum atomic E-state index is 12.7. The van der Waals surface area contributed by atoms with Gasteiger partial charge in [0.1, 0.15) is 5.75 Å². The SMILES string of the molecule is CCOc1ccc(C(=O)NC[C@@H](c2ccc3c(c2)OCO3)N2CCN(C)CC2)cc1. The lowest BCUT2D eigenvalue weighted by Crippen LogP contribution is -2.48. The zero-order chi connectivity index (χ0) is 20.9. The van der Waals surface area contributed by atoms with Gasteiger partial charge in [0, 0.05) is 38.3 Å². The van der Waals surface area contributed by atoms with Gasteiger partial charge in [-0.05, 0) is 55.9 Å². The van der Waals surface area contributed by atoms with Crippen molar-refractivity contribution in [3.63, 3.8) is 0 Å². The van der Waals surface area contributed by atoms with Gasteiger partial charge in [-0.1, -0.05) is 6.07 Å². The molecule has 2 aromatic rings.